The van der Waals surface area contributed by atoms with E-state index in [1.54, 1.807) is 14.2 Å². The summed E-state index contributed by atoms with van der Waals surface area (Å²) in [7, 11) is 3.42. The molecule has 11 heavy (non-hydrogen) atoms. The fourth-order valence-corrected chi connectivity index (χ4v) is 1.02. The first-order chi connectivity index (χ1) is 5.24. The van der Waals surface area contributed by atoms with Crippen LogP contribution in [0.2, 0.25) is 0 Å². The van der Waals surface area contributed by atoms with Crippen LogP contribution >= 0.6 is 0 Å². The van der Waals surface area contributed by atoms with Gasteiger partial charge in [-0.25, -0.2) is 0 Å². The predicted octanol–water partition coefficient (Wildman–Crippen LogP) is 1.15. The Morgan fingerprint density at radius 1 is 1.36 bits per heavy atom. The van der Waals surface area contributed by atoms with E-state index in [0.29, 0.717) is 5.92 Å². The number of rotatable bonds is 6. The van der Waals surface area contributed by atoms with Crippen molar-refractivity contribution in [2.24, 2.45) is 5.92 Å². The Kier molecular flexibility index (Phi) is 6.51. The van der Waals surface area contributed by atoms with Gasteiger partial charge in [-0.05, 0) is 5.92 Å². The van der Waals surface area contributed by atoms with Gasteiger partial charge in [-0.2, -0.15) is 5.06 Å². The molecule has 1 atom stereocenters. The molecule has 3 heteroatoms. The fraction of sp³-hybridized carbons (Fsp3) is 1.00. The average molecular weight is 161 g/mol. The SMILES string of the molecule is CCN(CC(C)COC)OC. The summed E-state index contributed by atoms with van der Waals surface area (Å²) in [5, 5.41) is 1.92. The van der Waals surface area contributed by atoms with Crippen LogP contribution < -0.4 is 0 Å². The Bertz CT molecular complexity index is 84.2. The maximum atomic E-state index is 5.09. The largest absolute Gasteiger partial charge is 0.384 e. The molecule has 0 radical (unpaired) electrons. The molecule has 1 unspecified atom stereocenters. The minimum Gasteiger partial charge on any atom is -0.384 e. The molecule has 0 aliphatic carbocycles. The normalized spacial score (nSPS) is 13.9. The second-order valence-electron chi connectivity index (χ2n) is 2.72. The van der Waals surface area contributed by atoms with Crippen LogP contribution in [0, 0.1) is 5.92 Å². The first-order valence-corrected chi connectivity index (χ1v) is 4.02. The zero-order valence-corrected chi connectivity index (χ0v) is 7.96. The van der Waals surface area contributed by atoms with E-state index in [9.17, 15) is 0 Å². The number of hydroxylamine groups is 2. The molecular weight excluding hydrogens is 142 g/mol. The van der Waals surface area contributed by atoms with Gasteiger partial charge >= 0.3 is 0 Å². The van der Waals surface area contributed by atoms with Crippen molar-refractivity contribution < 1.29 is 9.57 Å². The van der Waals surface area contributed by atoms with Gasteiger partial charge in [0.1, 0.15) is 0 Å². The van der Waals surface area contributed by atoms with Crippen molar-refractivity contribution in [1.82, 2.24) is 5.06 Å². The van der Waals surface area contributed by atoms with E-state index >= 15 is 0 Å². The molecule has 0 amide bonds. The number of methoxy groups -OCH3 is 1. The summed E-state index contributed by atoms with van der Waals surface area (Å²) in [5.74, 6) is 0.528. The Morgan fingerprint density at radius 3 is 2.36 bits per heavy atom. The lowest BCUT2D eigenvalue weighted by molar-refractivity contribution is -0.137. The first kappa shape index (κ1) is 10.9. The maximum absolute atomic E-state index is 5.09. The molecule has 0 fully saturated rings. The highest BCUT2D eigenvalue weighted by Crippen LogP contribution is 1.99. The third kappa shape index (κ3) is 5.18. The fourth-order valence-electron chi connectivity index (χ4n) is 1.02. The second-order valence-corrected chi connectivity index (χ2v) is 2.72. The minimum atomic E-state index is 0.528. The van der Waals surface area contributed by atoms with Gasteiger partial charge < -0.3 is 9.57 Å². The molecule has 0 bridgehead atoms. The van der Waals surface area contributed by atoms with Crippen LogP contribution in [0.4, 0.5) is 0 Å². The van der Waals surface area contributed by atoms with E-state index < -0.39 is 0 Å². The highest BCUT2D eigenvalue weighted by atomic mass is 16.7. The van der Waals surface area contributed by atoms with Crippen molar-refractivity contribution in [2.75, 3.05) is 33.9 Å². The molecule has 0 aromatic rings. The molecule has 0 spiro atoms. The summed E-state index contributed by atoms with van der Waals surface area (Å²) >= 11 is 0. The highest BCUT2D eigenvalue weighted by Gasteiger charge is 2.06. The number of ether oxygens (including phenoxy) is 1. The van der Waals surface area contributed by atoms with E-state index in [0.717, 1.165) is 19.7 Å². The summed E-state index contributed by atoms with van der Waals surface area (Å²) in [5.41, 5.74) is 0. The summed E-state index contributed by atoms with van der Waals surface area (Å²) in [6, 6.07) is 0. The van der Waals surface area contributed by atoms with E-state index in [2.05, 4.69) is 13.8 Å². The first-order valence-electron chi connectivity index (χ1n) is 4.02. The van der Waals surface area contributed by atoms with E-state index in [1.165, 1.54) is 0 Å². The molecule has 0 rings (SSSR count). The van der Waals surface area contributed by atoms with Gasteiger partial charge in [0.2, 0.25) is 0 Å². The molecule has 0 saturated heterocycles. The number of nitrogens with zero attached hydrogens (tertiary/aromatic N) is 1. The van der Waals surface area contributed by atoms with E-state index in [-0.39, 0.29) is 0 Å². The molecular formula is C8H19NO2. The minimum absolute atomic E-state index is 0.528. The van der Waals surface area contributed by atoms with Crippen LogP contribution in [0.25, 0.3) is 0 Å². The van der Waals surface area contributed by atoms with Crippen LogP contribution in [0.3, 0.4) is 0 Å². The van der Waals surface area contributed by atoms with Crippen LogP contribution in [-0.2, 0) is 9.57 Å². The molecule has 0 aliphatic rings. The molecule has 0 aromatic carbocycles. The van der Waals surface area contributed by atoms with E-state index in [4.69, 9.17) is 9.57 Å². The molecule has 0 N–H and O–H groups in total. The van der Waals surface area contributed by atoms with Crippen molar-refractivity contribution in [3.8, 4) is 0 Å². The zero-order valence-electron chi connectivity index (χ0n) is 7.96. The Hall–Kier alpha value is -0.120. The standard InChI is InChI=1S/C8H19NO2/c1-5-9(11-4)6-8(2)7-10-3/h8H,5-7H2,1-4H3. The summed E-state index contributed by atoms with van der Waals surface area (Å²) in [6.45, 7) is 6.86. The quantitative estimate of drug-likeness (QED) is 0.545. The Labute approximate surface area is 69.2 Å². The van der Waals surface area contributed by atoms with Gasteiger partial charge in [0, 0.05) is 20.2 Å². The molecule has 0 saturated carbocycles. The lowest BCUT2D eigenvalue weighted by atomic mass is 10.2. The zero-order chi connectivity index (χ0) is 8.69. The molecule has 0 aromatic heterocycles. The van der Waals surface area contributed by atoms with Crippen LogP contribution in [-0.4, -0.2) is 39.0 Å². The van der Waals surface area contributed by atoms with Gasteiger partial charge in [-0.15, -0.1) is 0 Å². The number of hydrogen-bond donors (Lipinski definition) is 0. The summed E-state index contributed by atoms with van der Waals surface area (Å²) < 4.78 is 5.01. The third-order valence-corrected chi connectivity index (χ3v) is 1.58. The monoisotopic (exact) mass is 161 g/mol. The van der Waals surface area contributed by atoms with Crippen LogP contribution in [0.1, 0.15) is 13.8 Å². The van der Waals surface area contributed by atoms with Crippen molar-refractivity contribution >= 4 is 0 Å². The van der Waals surface area contributed by atoms with Gasteiger partial charge in [0.15, 0.2) is 0 Å². The van der Waals surface area contributed by atoms with Gasteiger partial charge in [0.05, 0.1) is 13.7 Å². The molecule has 3 nitrogen and oxygen atoms in total. The summed E-state index contributed by atoms with van der Waals surface area (Å²) in [6.07, 6.45) is 0. The average Bonchev–Trinajstić information content (AvgIpc) is 2.01. The van der Waals surface area contributed by atoms with Crippen molar-refractivity contribution in [3.63, 3.8) is 0 Å². The van der Waals surface area contributed by atoms with Crippen molar-refractivity contribution in [3.05, 3.63) is 0 Å². The maximum Gasteiger partial charge on any atom is 0.0575 e. The predicted molar refractivity (Wildman–Crippen MR) is 45.3 cm³/mol. The Balaban J connectivity index is 3.44. The van der Waals surface area contributed by atoms with Gasteiger partial charge in [-0.3, -0.25) is 0 Å². The van der Waals surface area contributed by atoms with E-state index in [1.807, 2.05) is 5.06 Å². The third-order valence-electron chi connectivity index (χ3n) is 1.58. The van der Waals surface area contributed by atoms with Crippen molar-refractivity contribution in [2.45, 2.75) is 13.8 Å². The highest BCUT2D eigenvalue weighted by molar-refractivity contribution is 4.53. The Morgan fingerprint density at radius 2 is 2.00 bits per heavy atom. The van der Waals surface area contributed by atoms with Crippen LogP contribution in [0.5, 0.6) is 0 Å². The topological polar surface area (TPSA) is 21.7 Å². The van der Waals surface area contributed by atoms with Gasteiger partial charge in [-0.1, -0.05) is 13.8 Å². The second kappa shape index (κ2) is 6.58. The molecule has 68 valence electrons. The van der Waals surface area contributed by atoms with Crippen LogP contribution in [0.15, 0.2) is 0 Å². The molecule has 0 aliphatic heterocycles. The lowest BCUT2D eigenvalue weighted by Gasteiger charge is -2.20. The molecule has 0 heterocycles. The number of hydrogen-bond acceptors (Lipinski definition) is 3. The van der Waals surface area contributed by atoms with Gasteiger partial charge in [0.25, 0.3) is 0 Å². The smallest absolute Gasteiger partial charge is 0.0575 e. The summed E-state index contributed by atoms with van der Waals surface area (Å²) in [4.78, 5) is 5.09. The lowest BCUT2D eigenvalue weighted by Crippen LogP contribution is -2.29. The van der Waals surface area contributed by atoms with Crippen molar-refractivity contribution in [1.29, 1.82) is 0 Å².